The Kier molecular flexibility index (Phi) is 4.37. The number of aromatic nitrogens is 2. The first kappa shape index (κ1) is 16.3. The van der Waals surface area contributed by atoms with E-state index >= 15 is 0 Å². The molecule has 1 N–H and O–H groups in total. The molecule has 7 heteroatoms. The van der Waals surface area contributed by atoms with Crippen LogP contribution in [-0.2, 0) is 4.79 Å². The lowest BCUT2D eigenvalue weighted by molar-refractivity contribution is -0.118. The molecule has 2 heterocycles. The quantitative estimate of drug-likeness (QED) is 0.571. The lowest BCUT2D eigenvalue weighted by atomic mass is 10.2. The second-order valence-corrected chi connectivity index (χ2v) is 6.69. The summed E-state index contributed by atoms with van der Waals surface area (Å²) in [5.41, 5.74) is 1.86. The van der Waals surface area contributed by atoms with Crippen LogP contribution in [0.4, 0.5) is 5.13 Å². The SMILES string of the molecule is Cc1cccc(OCC(=O)Nc2nnc(-c3cc4ccccc4o3)s2)c1. The summed E-state index contributed by atoms with van der Waals surface area (Å²) in [6.07, 6.45) is 0. The number of carbonyl (C=O) groups excluding carboxylic acids is 1. The van der Waals surface area contributed by atoms with Crippen LogP contribution in [0.3, 0.4) is 0 Å². The molecule has 0 unspecified atom stereocenters. The standard InChI is InChI=1S/C19H15N3O3S/c1-12-5-4-7-14(9-12)24-11-17(23)20-19-22-21-18(26-19)16-10-13-6-2-3-8-15(13)25-16/h2-10H,11H2,1H3,(H,20,22,23). The Morgan fingerprint density at radius 2 is 2.04 bits per heavy atom. The largest absolute Gasteiger partial charge is 0.484 e. The van der Waals surface area contributed by atoms with Crippen LogP contribution in [0.15, 0.2) is 59.0 Å². The van der Waals surface area contributed by atoms with Gasteiger partial charge in [-0.3, -0.25) is 10.1 Å². The van der Waals surface area contributed by atoms with Gasteiger partial charge in [0.1, 0.15) is 11.3 Å². The van der Waals surface area contributed by atoms with Crippen molar-refractivity contribution in [1.82, 2.24) is 10.2 Å². The number of fused-ring (bicyclic) bond motifs is 1. The Morgan fingerprint density at radius 3 is 2.88 bits per heavy atom. The fourth-order valence-corrected chi connectivity index (χ4v) is 3.18. The number of rotatable bonds is 5. The van der Waals surface area contributed by atoms with Gasteiger partial charge in [-0.2, -0.15) is 0 Å². The van der Waals surface area contributed by atoms with E-state index in [1.54, 1.807) is 0 Å². The Bertz CT molecular complexity index is 1040. The molecular weight excluding hydrogens is 350 g/mol. The fraction of sp³-hybridized carbons (Fsp3) is 0.105. The minimum atomic E-state index is -0.293. The summed E-state index contributed by atoms with van der Waals surface area (Å²) in [4.78, 5) is 12.0. The predicted molar refractivity (Wildman–Crippen MR) is 100 cm³/mol. The average Bonchev–Trinajstić information content (AvgIpc) is 3.26. The van der Waals surface area contributed by atoms with Crippen LogP contribution in [0, 0.1) is 6.92 Å². The number of ether oxygens (including phenoxy) is 1. The third-order valence-electron chi connectivity index (χ3n) is 3.67. The van der Waals surface area contributed by atoms with Crippen molar-refractivity contribution in [2.45, 2.75) is 6.92 Å². The van der Waals surface area contributed by atoms with Crippen molar-refractivity contribution < 1.29 is 13.9 Å². The zero-order valence-electron chi connectivity index (χ0n) is 13.9. The van der Waals surface area contributed by atoms with Gasteiger partial charge in [0.05, 0.1) is 0 Å². The van der Waals surface area contributed by atoms with Crippen molar-refractivity contribution >= 4 is 33.3 Å². The van der Waals surface area contributed by atoms with Gasteiger partial charge < -0.3 is 9.15 Å². The highest BCUT2D eigenvalue weighted by molar-refractivity contribution is 7.18. The first-order chi connectivity index (χ1) is 12.7. The van der Waals surface area contributed by atoms with Crippen molar-refractivity contribution in [3.63, 3.8) is 0 Å². The van der Waals surface area contributed by atoms with Crippen LogP contribution in [0.2, 0.25) is 0 Å². The first-order valence-corrected chi connectivity index (χ1v) is 8.81. The molecule has 0 saturated heterocycles. The minimum absolute atomic E-state index is 0.0942. The van der Waals surface area contributed by atoms with Gasteiger partial charge in [-0.05, 0) is 36.8 Å². The summed E-state index contributed by atoms with van der Waals surface area (Å²) in [6.45, 7) is 1.87. The Labute approximate surface area is 153 Å². The molecule has 6 nitrogen and oxygen atoms in total. The highest BCUT2D eigenvalue weighted by Gasteiger charge is 2.13. The molecule has 0 radical (unpaired) electrons. The van der Waals surface area contributed by atoms with Gasteiger partial charge in [0.15, 0.2) is 17.4 Å². The molecule has 0 atom stereocenters. The van der Waals surface area contributed by atoms with E-state index in [0.29, 0.717) is 21.6 Å². The smallest absolute Gasteiger partial charge is 0.264 e. The molecule has 0 bridgehead atoms. The summed E-state index contributed by atoms with van der Waals surface area (Å²) < 4.78 is 11.2. The number of amides is 1. The normalized spacial score (nSPS) is 10.8. The first-order valence-electron chi connectivity index (χ1n) is 7.99. The third-order valence-corrected chi connectivity index (χ3v) is 4.52. The monoisotopic (exact) mass is 365 g/mol. The Hall–Kier alpha value is -3.19. The van der Waals surface area contributed by atoms with Crippen molar-refractivity contribution in [2.75, 3.05) is 11.9 Å². The van der Waals surface area contributed by atoms with Crippen LogP contribution in [0.25, 0.3) is 21.7 Å². The van der Waals surface area contributed by atoms with Gasteiger partial charge in [0.25, 0.3) is 5.91 Å². The molecule has 4 aromatic rings. The number of hydrogen-bond acceptors (Lipinski definition) is 6. The average molecular weight is 365 g/mol. The minimum Gasteiger partial charge on any atom is -0.484 e. The van der Waals surface area contributed by atoms with Gasteiger partial charge >= 0.3 is 0 Å². The molecular formula is C19H15N3O3S. The summed E-state index contributed by atoms with van der Waals surface area (Å²) in [7, 11) is 0. The molecule has 0 aliphatic rings. The van der Waals surface area contributed by atoms with E-state index in [4.69, 9.17) is 9.15 Å². The molecule has 2 aromatic heterocycles. The predicted octanol–water partition coefficient (Wildman–Crippen LogP) is 4.28. The highest BCUT2D eigenvalue weighted by Crippen LogP contribution is 2.31. The van der Waals surface area contributed by atoms with E-state index in [2.05, 4.69) is 15.5 Å². The van der Waals surface area contributed by atoms with E-state index in [1.807, 2.05) is 61.5 Å². The van der Waals surface area contributed by atoms with Crippen LogP contribution in [0.1, 0.15) is 5.56 Å². The Balaban J connectivity index is 1.40. The summed E-state index contributed by atoms with van der Waals surface area (Å²) in [5, 5.41) is 12.8. The number of nitrogens with zero attached hydrogens (tertiary/aromatic N) is 2. The van der Waals surface area contributed by atoms with Crippen molar-refractivity contribution in [3.8, 4) is 16.5 Å². The third kappa shape index (κ3) is 3.57. The maximum Gasteiger partial charge on any atom is 0.264 e. The van der Waals surface area contributed by atoms with Gasteiger partial charge in [-0.25, -0.2) is 0 Å². The summed E-state index contributed by atoms with van der Waals surface area (Å²) in [6, 6.07) is 17.2. The molecule has 26 heavy (non-hydrogen) atoms. The number of carbonyl (C=O) groups is 1. The number of benzene rings is 2. The van der Waals surface area contributed by atoms with Gasteiger partial charge in [0, 0.05) is 5.39 Å². The summed E-state index contributed by atoms with van der Waals surface area (Å²) in [5.74, 6) is 0.986. The van der Waals surface area contributed by atoms with E-state index in [-0.39, 0.29) is 12.5 Å². The molecule has 2 aromatic carbocycles. The number of anilines is 1. The summed E-state index contributed by atoms with van der Waals surface area (Å²) >= 11 is 1.25. The van der Waals surface area contributed by atoms with Crippen molar-refractivity contribution in [1.29, 1.82) is 0 Å². The molecule has 1 amide bonds. The van der Waals surface area contributed by atoms with E-state index in [9.17, 15) is 4.79 Å². The lowest BCUT2D eigenvalue weighted by Crippen LogP contribution is -2.20. The lowest BCUT2D eigenvalue weighted by Gasteiger charge is -2.05. The zero-order chi connectivity index (χ0) is 17.9. The number of hydrogen-bond donors (Lipinski definition) is 1. The van der Waals surface area contributed by atoms with Crippen LogP contribution < -0.4 is 10.1 Å². The van der Waals surface area contributed by atoms with Crippen molar-refractivity contribution in [3.05, 3.63) is 60.2 Å². The molecule has 0 fully saturated rings. The highest BCUT2D eigenvalue weighted by atomic mass is 32.1. The number of nitrogens with one attached hydrogen (secondary N) is 1. The number of furan rings is 1. The van der Waals surface area contributed by atoms with E-state index in [1.165, 1.54) is 11.3 Å². The Morgan fingerprint density at radius 1 is 1.15 bits per heavy atom. The molecule has 130 valence electrons. The topological polar surface area (TPSA) is 77.2 Å². The van der Waals surface area contributed by atoms with Crippen LogP contribution >= 0.6 is 11.3 Å². The van der Waals surface area contributed by atoms with E-state index < -0.39 is 0 Å². The van der Waals surface area contributed by atoms with Gasteiger partial charge in [-0.15, -0.1) is 10.2 Å². The van der Waals surface area contributed by atoms with E-state index in [0.717, 1.165) is 16.5 Å². The second-order valence-electron chi connectivity index (χ2n) is 5.71. The zero-order valence-corrected chi connectivity index (χ0v) is 14.7. The molecule has 0 aliphatic heterocycles. The maximum absolute atomic E-state index is 12.0. The van der Waals surface area contributed by atoms with Crippen LogP contribution in [0.5, 0.6) is 5.75 Å². The maximum atomic E-state index is 12.0. The van der Waals surface area contributed by atoms with Gasteiger partial charge in [-0.1, -0.05) is 41.7 Å². The molecule has 4 rings (SSSR count). The molecule has 0 spiro atoms. The van der Waals surface area contributed by atoms with Gasteiger partial charge in [0.2, 0.25) is 5.13 Å². The molecule has 0 aliphatic carbocycles. The number of para-hydroxylation sites is 1. The second kappa shape index (κ2) is 6.97. The van der Waals surface area contributed by atoms with Crippen molar-refractivity contribution in [2.24, 2.45) is 0 Å². The van der Waals surface area contributed by atoms with Crippen LogP contribution in [-0.4, -0.2) is 22.7 Å². The fourth-order valence-electron chi connectivity index (χ4n) is 2.47. The molecule has 0 saturated carbocycles. The number of aryl methyl sites for hydroxylation is 1.